The number of hydrogen-bond donors (Lipinski definition) is 3. The van der Waals surface area contributed by atoms with Gasteiger partial charge < -0.3 is 25.4 Å². The first-order valence-electron chi connectivity index (χ1n) is 8.21. The van der Waals surface area contributed by atoms with Gasteiger partial charge in [-0.25, -0.2) is 0 Å². The zero-order valence-electron chi connectivity index (χ0n) is 14.5. The van der Waals surface area contributed by atoms with Crippen LogP contribution < -0.4 is 25.4 Å². The van der Waals surface area contributed by atoms with Crippen LogP contribution in [0.1, 0.15) is 13.8 Å². The van der Waals surface area contributed by atoms with E-state index in [1.54, 1.807) is 7.05 Å². The van der Waals surface area contributed by atoms with E-state index in [0.29, 0.717) is 32.2 Å². The quantitative estimate of drug-likeness (QED) is 0.406. The third-order valence-corrected chi connectivity index (χ3v) is 3.53. The first-order valence-corrected chi connectivity index (χ1v) is 8.21. The molecule has 1 unspecified atom stereocenters. The molecule has 0 spiro atoms. The lowest BCUT2D eigenvalue weighted by Crippen LogP contribution is -2.47. The standard InChI is InChI=1S/C17H26N4O3/c1-12(2)16(22)19-8-9-20-17(18-3)21-10-13-11-23-14-6-4-5-7-15(14)24-13/h4-7,12-13H,8-11H2,1-3H3,(H,19,22)(H2,18,20,21). The highest BCUT2D eigenvalue weighted by Gasteiger charge is 2.20. The topological polar surface area (TPSA) is 84.0 Å². The first kappa shape index (κ1) is 17.9. The van der Waals surface area contributed by atoms with Crippen molar-refractivity contribution in [2.45, 2.75) is 20.0 Å². The molecule has 1 amide bonds. The van der Waals surface area contributed by atoms with Crippen LogP contribution in [0.5, 0.6) is 11.5 Å². The summed E-state index contributed by atoms with van der Waals surface area (Å²) in [7, 11) is 1.70. The lowest BCUT2D eigenvalue weighted by Gasteiger charge is -2.27. The van der Waals surface area contributed by atoms with Crippen molar-refractivity contribution in [2.75, 3.05) is 33.3 Å². The maximum Gasteiger partial charge on any atom is 0.222 e. The molecule has 0 aromatic heterocycles. The lowest BCUT2D eigenvalue weighted by atomic mass is 10.2. The van der Waals surface area contributed by atoms with Crippen molar-refractivity contribution < 1.29 is 14.3 Å². The fourth-order valence-corrected chi connectivity index (χ4v) is 2.17. The van der Waals surface area contributed by atoms with Crippen molar-refractivity contribution in [3.63, 3.8) is 0 Å². The maximum atomic E-state index is 11.5. The van der Waals surface area contributed by atoms with Gasteiger partial charge in [-0.1, -0.05) is 26.0 Å². The molecule has 0 saturated heterocycles. The molecule has 132 valence electrons. The highest BCUT2D eigenvalue weighted by Crippen LogP contribution is 2.30. The summed E-state index contributed by atoms with van der Waals surface area (Å²) in [5, 5.41) is 9.20. The van der Waals surface area contributed by atoms with Gasteiger partial charge in [0.2, 0.25) is 5.91 Å². The number of nitrogens with one attached hydrogen (secondary N) is 3. The fraction of sp³-hybridized carbons (Fsp3) is 0.529. The second kappa shape index (κ2) is 9.00. The molecule has 0 fully saturated rings. The Morgan fingerprint density at radius 3 is 2.62 bits per heavy atom. The van der Waals surface area contributed by atoms with Gasteiger partial charge in [-0.05, 0) is 12.1 Å². The van der Waals surface area contributed by atoms with Crippen LogP contribution in [-0.4, -0.2) is 51.3 Å². The van der Waals surface area contributed by atoms with Gasteiger partial charge in [0.25, 0.3) is 0 Å². The monoisotopic (exact) mass is 334 g/mol. The van der Waals surface area contributed by atoms with Gasteiger partial charge in [0.1, 0.15) is 12.7 Å². The number of ether oxygens (including phenoxy) is 2. The SMILES string of the molecule is CN=C(NCCNC(=O)C(C)C)NCC1COc2ccccc2O1. The summed E-state index contributed by atoms with van der Waals surface area (Å²) in [6.45, 7) is 5.95. The normalized spacial score (nSPS) is 16.7. The van der Waals surface area contributed by atoms with Crippen LogP contribution in [0.15, 0.2) is 29.3 Å². The average Bonchev–Trinajstić information content (AvgIpc) is 2.60. The van der Waals surface area contributed by atoms with Crippen molar-refractivity contribution in [1.82, 2.24) is 16.0 Å². The van der Waals surface area contributed by atoms with Gasteiger partial charge in [0.05, 0.1) is 6.54 Å². The third-order valence-electron chi connectivity index (χ3n) is 3.53. The largest absolute Gasteiger partial charge is 0.486 e. The Kier molecular flexibility index (Phi) is 6.72. The highest BCUT2D eigenvalue weighted by atomic mass is 16.6. The number of rotatable bonds is 6. The molecule has 1 aliphatic heterocycles. The minimum Gasteiger partial charge on any atom is -0.486 e. The number of benzene rings is 1. The predicted molar refractivity (Wildman–Crippen MR) is 93.6 cm³/mol. The van der Waals surface area contributed by atoms with E-state index in [1.807, 2.05) is 38.1 Å². The molecule has 7 heteroatoms. The van der Waals surface area contributed by atoms with Gasteiger partial charge in [0, 0.05) is 26.1 Å². The summed E-state index contributed by atoms with van der Waals surface area (Å²) in [5.41, 5.74) is 0. The first-order chi connectivity index (χ1) is 11.6. The van der Waals surface area contributed by atoms with Crippen molar-refractivity contribution in [1.29, 1.82) is 0 Å². The van der Waals surface area contributed by atoms with E-state index in [4.69, 9.17) is 9.47 Å². The molecule has 1 heterocycles. The van der Waals surface area contributed by atoms with Crippen LogP contribution in [0, 0.1) is 5.92 Å². The number of nitrogens with zero attached hydrogens (tertiary/aromatic N) is 1. The van der Waals surface area contributed by atoms with Crippen LogP contribution >= 0.6 is 0 Å². The second-order valence-corrected chi connectivity index (χ2v) is 5.82. The molecule has 0 saturated carbocycles. The van der Waals surface area contributed by atoms with E-state index in [2.05, 4.69) is 20.9 Å². The summed E-state index contributed by atoms with van der Waals surface area (Å²) in [6.07, 6.45) is -0.0842. The van der Waals surface area contributed by atoms with Crippen LogP contribution in [0.25, 0.3) is 0 Å². The molecule has 0 bridgehead atoms. The number of guanidine groups is 1. The smallest absolute Gasteiger partial charge is 0.222 e. The molecule has 3 N–H and O–H groups in total. The molecule has 7 nitrogen and oxygen atoms in total. The Hall–Kier alpha value is -2.44. The van der Waals surface area contributed by atoms with E-state index in [1.165, 1.54) is 0 Å². The summed E-state index contributed by atoms with van der Waals surface area (Å²) < 4.78 is 11.6. The van der Waals surface area contributed by atoms with Crippen molar-refractivity contribution >= 4 is 11.9 Å². The van der Waals surface area contributed by atoms with E-state index in [-0.39, 0.29) is 17.9 Å². The summed E-state index contributed by atoms with van der Waals surface area (Å²) in [6, 6.07) is 7.63. The zero-order valence-corrected chi connectivity index (χ0v) is 14.5. The molecular formula is C17H26N4O3. The number of hydrogen-bond acceptors (Lipinski definition) is 4. The third kappa shape index (κ3) is 5.33. The molecule has 0 radical (unpaired) electrons. The minimum absolute atomic E-state index is 0.00577. The molecule has 1 aromatic carbocycles. The fourth-order valence-electron chi connectivity index (χ4n) is 2.17. The average molecular weight is 334 g/mol. The minimum atomic E-state index is -0.0842. The number of amides is 1. The Balaban J connectivity index is 1.68. The van der Waals surface area contributed by atoms with Crippen LogP contribution in [0.4, 0.5) is 0 Å². The Labute approximate surface area is 142 Å². The Morgan fingerprint density at radius 1 is 1.21 bits per heavy atom. The Bertz CT molecular complexity index is 575. The number of carbonyl (C=O) groups is 1. The summed E-state index contributed by atoms with van der Waals surface area (Å²) in [4.78, 5) is 15.6. The van der Waals surface area contributed by atoms with Gasteiger partial charge in [0.15, 0.2) is 17.5 Å². The lowest BCUT2D eigenvalue weighted by molar-refractivity contribution is -0.123. The highest BCUT2D eigenvalue weighted by molar-refractivity contribution is 5.80. The molecule has 1 aliphatic rings. The van der Waals surface area contributed by atoms with E-state index in [0.717, 1.165) is 11.5 Å². The van der Waals surface area contributed by atoms with Crippen LogP contribution in [0.3, 0.4) is 0 Å². The van der Waals surface area contributed by atoms with E-state index < -0.39 is 0 Å². The molecule has 1 atom stereocenters. The second-order valence-electron chi connectivity index (χ2n) is 5.82. The van der Waals surface area contributed by atoms with Crippen molar-refractivity contribution in [2.24, 2.45) is 10.9 Å². The van der Waals surface area contributed by atoms with Gasteiger partial charge >= 0.3 is 0 Å². The zero-order chi connectivity index (χ0) is 17.4. The van der Waals surface area contributed by atoms with E-state index >= 15 is 0 Å². The molecule has 2 rings (SSSR count). The molecular weight excluding hydrogens is 308 g/mol. The summed E-state index contributed by atoms with van der Waals surface area (Å²) >= 11 is 0. The summed E-state index contributed by atoms with van der Waals surface area (Å²) in [5.74, 6) is 2.24. The van der Waals surface area contributed by atoms with Crippen LogP contribution in [0.2, 0.25) is 0 Å². The molecule has 0 aliphatic carbocycles. The van der Waals surface area contributed by atoms with Gasteiger partial charge in [-0.3, -0.25) is 9.79 Å². The number of para-hydroxylation sites is 2. The van der Waals surface area contributed by atoms with Gasteiger partial charge in [-0.15, -0.1) is 0 Å². The number of carbonyl (C=O) groups excluding carboxylic acids is 1. The van der Waals surface area contributed by atoms with Crippen molar-refractivity contribution in [3.8, 4) is 11.5 Å². The maximum absolute atomic E-state index is 11.5. The van der Waals surface area contributed by atoms with Crippen LogP contribution in [-0.2, 0) is 4.79 Å². The molecule has 1 aromatic rings. The van der Waals surface area contributed by atoms with E-state index in [9.17, 15) is 4.79 Å². The number of fused-ring (bicyclic) bond motifs is 1. The molecule has 24 heavy (non-hydrogen) atoms. The van der Waals surface area contributed by atoms with Gasteiger partial charge in [-0.2, -0.15) is 0 Å². The number of aliphatic imine (C=N–C) groups is 1. The predicted octanol–water partition coefficient (Wildman–Crippen LogP) is 0.764. The Morgan fingerprint density at radius 2 is 1.92 bits per heavy atom. The van der Waals surface area contributed by atoms with Crippen molar-refractivity contribution in [3.05, 3.63) is 24.3 Å².